The minimum absolute atomic E-state index is 0.0214. The predicted octanol–water partition coefficient (Wildman–Crippen LogP) is 4.38. The lowest BCUT2D eigenvalue weighted by Crippen LogP contribution is -2.64. The molecule has 4 rings (SSSR count). The number of amides is 2. The average molecular weight is 517 g/mol. The molecule has 202 valence electrons. The van der Waals surface area contributed by atoms with Crippen LogP contribution in [0, 0.1) is 5.92 Å². The second-order valence-electron chi connectivity index (χ2n) is 10.9. The van der Waals surface area contributed by atoms with Crippen LogP contribution in [0.3, 0.4) is 0 Å². The number of hydrogen-bond acceptors (Lipinski definition) is 5. The first-order valence-corrected chi connectivity index (χ1v) is 13.4. The second kappa shape index (κ2) is 12.4. The first kappa shape index (κ1) is 27.6. The molecule has 0 aliphatic carbocycles. The Hall–Kier alpha value is -3.42. The van der Waals surface area contributed by atoms with Crippen LogP contribution in [-0.2, 0) is 29.2 Å². The quantitative estimate of drug-likeness (QED) is 0.457. The maximum Gasteiger partial charge on any atom is 0.244 e. The Kier molecular flexibility index (Phi) is 9.02. The van der Waals surface area contributed by atoms with Gasteiger partial charge in [-0.1, -0.05) is 62.4 Å². The van der Waals surface area contributed by atoms with Crippen LogP contribution in [0.2, 0.25) is 0 Å². The van der Waals surface area contributed by atoms with E-state index in [9.17, 15) is 9.59 Å². The van der Waals surface area contributed by atoms with Gasteiger partial charge >= 0.3 is 0 Å². The highest BCUT2D eigenvalue weighted by molar-refractivity contribution is 5.89. The number of hydrogen-bond donors (Lipinski definition) is 1. The van der Waals surface area contributed by atoms with Crippen molar-refractivity contribution in [2.75, 3.05) is 27.2 Å². The lowest BCUT2D eigenvalue weighted by molar-refractivity contribution is -0.150. The Morgan fingerprint density at radius 1 is 1.00 bits per heavy atom. The Morgan fingerprint density at radius 2 is 1.71 bits per heavy atom. The van der Waals surface area contributed by atoms with E-state index >= 15 is 0 Å². The zero-order valence-corrected chi connectivity index (χ0v) is 23.2. The number of benzene rings is 2. The first-order valence-electron chi connectivity index (χ1n) is 13.4. The summed E-state index contributed by atoms with van der Waals surface area (Å²) >= 11 is 0. The van der Waals surface area contributed by atoms with Crippen LogP contribution < -0.4 is 5.32 Å². The summed E-state index contributed by atoms with van der Waals surface area (Å²) in [5.74, 6) is 0.543. The highest BCUT2D eigenvalue weighted by Crippen LogP contribution is 2.23. The van der Waals surface area contributed by atoms with Crippen LogP contribution in [0.5, 0.6) is 0 Å². The van der Waals surface area contributed by atoms with Crippen molar-refractivity contribution < 1.29 is 14.0 Å². The Bertz CT molecular complexity index is 1200. The molecule has 1 saturated heterocycles. The van der Waals surface area contributed by atoms with Crippen molar-refractivity contribution in [1.29, 1.82) is 0 Å². The molecule has 2 atom stereocenters. The molecule has 2 heterocycles. The Balaban J connectivity index is 1.48. The Morgan fingerprint density at radius 3 is 2.34 bits per heavy atom. The summed E-state index contributed by atoms with van der Waals surface area (Å²) in [6.45, 7) is 9.08. The summed E-state index contributed by atoms with van der Waals surface area (Å²) in [7, 11) is 4.14. The average Bonchev–Trinajstić information content (AvgIpc) is 3.43. The molecule has 1 aliphatic rings. The molecule has 7 heteroatoms. The smallest absolute Gasteiger partial charge is 0.244 e. The van der Waals surface area contributed by atoms with E-state index in [0.717, 1.165) is 36.5 Å². The van der Waals surface area contributed by atoms with E-state index in [1.165, 1.54) is 11.1 Å². The van der Waals surface area contributed by atoms with Crippen LogP contribution in [0.4, 0.5) is 0 Å². The summed E-state index contributed by atoms with van der Waals surface area (Å²) in [4.78, 5) is 33.0. The van der Waals surface area contributed by atoms with E-state index < -0.39 is 6.04 Å². The minimum atomic E-state index is -0.544. The zero-order chi connectivity index (χ0) is 27.2. The van der Waals surface area contributed by atoms with Crippen molar-refractivity contribution in [3.8, 4) is 11.3 Å². The molecule has 2 unspecified atom stereocenters. The van der Waals surface area contributed by atoms with Gasteiger partial charge in [0.2, 0.25) is 11.8 Å². The number of carbonyl (C=O) groups is 2. The van der Waals surface area contributed by atoms with Gasteiger partial charge in [-0.05, 0) is 49.8 Å². The van der Waals surface area contributed by atoms with Crippen LogP contribution in [-0.4, -0.2) is 65.8 Å². The van der Waals surface area contributed by atoms with Crippen molar-refractivity contribution in [1.82, 2.24) is 20.0 Å². The molecule has 0 radical (unpaired) electrons. The van der Waals surface area contributed by atoms with Crippen LogP contribution in [0.15, 0.2) is 71.3 Å². The summed E-state index contributed by atoms with van der Waals surface area (Å²) in [5.41, 5.74) is 4.52. The molecule has 0 saturated carbocycles. The predicted molar refractivity (Wildman–Crippen MR) is 150 cm³/mol. The molecule has 1 aliphatic heterocycles. The summed E-state index contributed by atoms with van der Waals surface area (Å²) < 4.78 is 5.46. The van der Waals surface area contributed by atoms with Crippen molar-refractivity contribution in [3.05, 3.63) is 83.6 Å². The molecule has 3 aromatic rings. The van der Waals surface area contributed by atoms with Crippen LogP contribution >= 0.6 is 0 Å². The zero-order valence-electron chi connectivity index (χ0n) is 23.2. The number of carbonyl (C=O) groups excluding carboxylic acids is 2. The summed E-state index contributed by atoms with van der Waals surface area (Å²) in [6, 6.07) is 19.6. The van der Waals surface area contributed by atoms with E-state index in [1.54, 1.807) is 6.26 Å². The van der Waals surface area contributed by atoms with Gasteiger partial charge in [-0.2, -0.15) is 0 Å². The maximum absolute atomic E-state index is 13.6. The minimum Gasteiger partial charge on any atom is -0.464 e. The fraction of sp³-hybridized carbons (Fsp3) is 0.419. The summed E-state index contributed by atoms with van der Waals surface area (Å²) in [5, 5.41) is 3.10. The number of piperazine rings is 1. The van der Waals surface area contributed by atoms with Gasteiger partial charge in [-0.25, -0.2) is 0 Å². The van der Waals surface area contributed by atoms with E-state index in [2.05, 4.69) is 53.5 Å². The molecule has 1 aromatic heterocycles. The molecule has 2 amide bonds. The summed E-state index contributed by atoms with van der Waals surface area (Å²) in [6.07, 6.45) is 1.66. The van der Waals surface area contributed by atoms with Gasteiger partial charge in [0.25, 0.3) is 0 Å². The maximum atomic E-state index is 13.6. The molecule has 0 bridgehead atoms. The van der Waals surface area contributed by atoms with Crippen molar-refractivity contribution >= 4 is 11.8 Å². The van der Waals surface area contributed by atoms with Gasteiger partial charge in [0.05, 0.1) is 6.26 Å². The fourth-order valence-corrected chi connectivity index (χ4v) is 5.17. The van der Waals surface area contributed by atoms with E-state index in [-0.39, 0.29) is 23.8 Å². The third kappa shape index (κ3) is 6.71. The number of furan rings is 1. The van der Waals surface area contributed by atoms with Crippen molar-refractivity contribution in [2.24, 2.45) is 5.92 Å². The normalized spacial score (nSPS) is 18.2. The molecule has 2 aromatic carbocycles. The van der Waals surface area contributed by atoms with Gasteiger partial charge in [0.1, 0.15) is 11.8 Å². The molecule has 1 fully saturated rings. The third-order valence-corrected chi connectivity index (χ3v) is 7.04. The molecule has 38 heavy (non-hydrogen) atoms. The van der Waals surface area contributed by atoms with Gasteiger partial charge in [-0.15, -0.1) is 0 Å². The SMILES string of the molecule is CC(C)C(=O)N1C(C)CN(Cc2ccccc2CN(C)C)CC1C(=O)NCc1ccc(-c2ccco2)cc1. The lowest BCUT2D eigenvalue weighted by Gasteiger charge is -2.45. The molecular weight excluding hydrogens is 476 g/mol. The third-order valence-electron chi connectivity index (χ3n) is 7.04. The molecule has 7 nitrogen and oxygen atoms in total. The highest BCUT2D eigenvalue weighted by Gasteiger charge is 2.40. The number of rotatable bonds is 9. The van der Waals surface area contributed by atoms with Crippen molar-refractivity contribution in [2.45, 2.75) is 52.5 Å². The van der Waals surface area contributed by atoms with Gasteiger partial charge in [0.15, 0.2) is 0 Å². The van der Waals surface area contributed by atoms with Gasteiger partial charge < -0.3 is 19.5 Å². The van der Waals surface area contributed by atoms with E-state index in [4.69, 9.17) is 4.42 Å². The molecule has 1 N–H and O–H groups in total. The van der Waals surface area contributed by atoms with E-state index in [0.29, 0.717) is 13.1 Å². The lowest BCUT2D eigenvalue weighted by atomic mass is 10.0. The molecular formula is C31H40N4O3. The van der Waals surface area contributed by atoms with Crippen molar-refractivity contribution in [3.63, 3.8) is 0 Å². The topological polar surface area (TPSA) is 69.0 Å². The molecule has 0 spiro atoms. The first-order chi connectivity index (χ1) is 18.2. The number of nitrogens with one attached hydrogen (secondary N) is 1. The number of nitrogens with zero attached hydrogens (tertiary/aromatic N) is 3. The highest BCUT2D eigenvalue weighted by atomic mass is 16.3. The fourth-order valence-electron chi connectivity index (χ4n) is 5.17. The largest absolute Gasteiger partial charge is 0.464 e. The van der Waals surface area contributed by atoms with Crippen LogP contribution in [0.1, 0.15) is 37.5 Å². The Labute approximate surface area is 226 Å². The second-order valence-corrected chi connectivity index (χ2v) is 10.9. The van der Waals surface area contributed by atoms with Gasteiger partial charge in [-0.3, -0.25) is 14.5 Å². The van der Waals surface area contributed by atoms with Crippen LogP contribution in [0.25, 0.3) is 11.3 Å². The monoisotopic (exact) mass is 516 g/mol. The standard InChI is InChI=1S/C31H40N4O3/c1-22(2)31(37)35-23(3)18-34(20-27-10-7-6-9-26(27)19-33(4)5)21-28(35)30(36)32-17-24-12-14-25(15-13-24)29-11-8-16-38-29/h6-16,22-23,28H,17-21H2,1-5H3,(H,32,36). The van der Waals surface area contributed by atoms with E-state index in [1.807, 2.05) is 62.1 Å². The van der Waals surface area contributed by atoms with Gasteiger partial charge in [0, 0.05) is 50.2 Å².